The van der Waals surface area contributed by atoms with Crippen LogP contribution in [0.2, 0.25) is 0 Å². The van der Waals surface area contributed by atoms with E-state index in [2.05, 4.69) is 9.88 Å². The van der Waals surface area contributed by atoms with Crippen molar-refractivity contribution in [1.29, 1.82) is 0 Å². The number of likely N-dealkylation sites (tertiary alicyclic amines) is 1. The van der Waals surface area contributed by atoms with E-state index in [1.807, 2.05) is 29.8 Å². The molecule has 6 heteroatoms. The molecule has 1 atom stereocenters. The number of aromatic nitrogens is 1. The highest BCUT2D eigenvalue weighted by Gasteiger charge is 2.24. The normalized spacial score (nSPS) is 17.6. The molecule has 3 heterocycles. The first kappa shape index (κ1) is 17.0. The third-order valence-corrected chi connectivity index (χ3v) is 5.58. The van der Waals surface area contributed by atoms with E-state index in [1.54, 1.807) is 29.5 Å². The summed E-state index contributed by atoms with van der Waals surface area (Å²) in [7, 11) is 0. The summed E-state index contributed by atoms with van der Waals surface area (Å²) in [6.07, 6.45) is 4.09. The van der Waals surface area contributed by atoms with E-state index < -0.39 is 5.97 Å². The van der Waals surface area contributed by atoms with Crippen LogP contribution in [0.4, 0.5) is 0 Å². The topological polar surface area (TPSA) is 66.6 Å². The molecule has 1 aromatic carbocycles. The minimum Gasteiger partial charge on any atom is -0.478 e. The fourth-order valence-electron chi connectivity index (χ4n) is 3.54. The number of aromatic carboxylic acids is 1. The van der Waals surface area contributed by atoms with Crippen LogP contribution in [0.3, 0.4) is 0 Å². The second kappa shape index (κ2) is 7.43. The van der Waals surface area contributed by atoms with Crippen molar-refractivity contribution in [3.05, 3.63) is 64.3 Å². The van der Waals surface area contributed by atoms with Crippen molar-refractivity contribution in [2.45, 2.75) is 19.4 Å². The van der Waals surface area contributed by atoms with E-state index >= 15 is 0 Å². The molecular weight excluding hydrogens is 348 g/mol. The predicted molar refractivity (Wildman–Crippen MR) is 100 cm³/mol. The molecule has 2 aromatic heterocycles. The van der Waals surface area contributed by atoms with Gasteiger partial charge < -0.3 is 9.52 Å². The lowest BCUT2D eigenvalue weighted by molar-refractivity contribution is 0.0697. The number of nitrogens with zero attached hydrogens (tertiary/aromatic N) is 2. The van der Waals surface area contributed by atoms with Gasteiger partial charge in [0.2, 0.25) is 0 Å². The van der Waals surface area contributed by atoms with Gasteiger partial charge in [0.1, 0.15) is 11.5 Å². The highest BCUT2D eigenvalue weighted by Crippen LogP contribution is 2.28. The average molecular weight is 368 g/mol. The lowest BCUT2D eigenvalue weighted by Crippen LogP contribution is -2.20. The summed E-state index contributed by atoms with van der Waals surface area (Å²) in [6.45, 7) is 2.85. The number of rotatable bonds is 6. The zero-order valence-corrected chi connectivity index (χ0v) is 15.1. The number of carbonyl (C=O) groups is 1. The molecule has 0 aliphatic carbocycles. The smallest absolute Gasteiger partial charge is 0.336 e. The van der Waals surface area contributed by atoms with Gasteiger partial charge in [0.05, 0.1) is 17.1 Å². The Bertz CT molecular complexity index is 888. The average Bonchev–Trinajstić information content (AvgIpc) is 3.38. The van der Waals surface area contributed by atoms with E-state index in [0.29, 0.717) is 17.2 Å². The van der Waals surface area contributed by atoms with Crippen LogP contribution in [0.1, 0.15) is 27.5 Å². The van der Waals surface area contributed by atoms with Crippen molar-refractivity contribution < 1.29 is 14.3 Å². The zero-order valence-electron chi connectivity index (χ0n) is 14.3. The first-order valence-corrected chi connectivity index (χ1v) is 9.59. The minimum absolute atomic E-state index is 0.262. The van der Waals surface area contributed by atoms with Crippen molar-refractivity contribution in [1.82, 2.24) is 9.88 Å². The van der Waals surface area contributed by atoms with Gasteiger partial charge in [-0.15, -0.1) is 11.3 Å². The quantitative estimate of drug-likeness (QED) is 0.707. The number of carboxylic acid groups (broad SMARTS) is 1. The van der Waals surface area contributed by atoms with E-state index in [-0.39, 0.29) is 5.56 Å². The Labute approximate surface area is 155 Å². The highest BCUT2D eigenvalue weighted by molar-refractivity contribution is 7.09. The standard InChI is InChI=1S/C20H20N2O3S/c23-20(24)17-4-2-1-3-16(17)18-6-5-15(25-18)13-22-9-7-14(12-22)11-19-21-8-10-26-19/h1-6,8,10,14H,7,9,11-13H2,(H,23,24)/t14-/m1/s1. The largest absolute Gasteiger partial charge is 0.478 e. The summed E-state index contributed by atoms with van der Waals surface area (Å²) >= 11 is 1.72. The molecule has 5 nitrogen and oxygen atoms in total. The fraction of sp³-hybridized carbons (Fsp3) is 0.300. The Hall–Kier alpha value is -2.44. The number of carboxylic acids is 1. The van der Waals surface area contributed by atoms with Gasteiger partial charge in [0.25, 0.3) is 0 Å². The lowest BCUT2D eigenvalue weighted by Gasteiger charge is -2.14. The number of hydrogen-bond donors (Lipinski definition) is 1. The molecule has 1 N–H and O–H groups in total. The number of furan rings is 1. The molecule has 0 bridgehead atoms. The van der Waals surface area contributed by atoms with Crippen LogP contribution in [-0.2, 0) is 13.0 Å². The molecular formula is C20H20N2O3S. The van der Waals surface area contributed by atoms with Gasteiger partial charge in [-0.1, -0.05) is 18.2 Å². The van der Waals surface area contributed by atoms with Crippen molar-refractivity contribution in [2.24, 2.45) is 5.92 Å². The van der Waals surface area contributed by atoms with Crippen LogP contribution in [0, 0.1) is 5.92 Å². The molecule has 0 spiro atoms. The minimum atomic E-state index is -0.942. The molecule has 26 heavy (non-hydrogen) atoms. The molecule has 0 unspecified atom stereocenters. The summed E-state index contributed by atoms with van der Waals surface area (Å²) in [5.41, 5.74) is 0.882. The Kier molecular flexibility index (Phi) is 4.86. The van der Waals surface area contributed by atoms with Crippen molar-refractivity contribution in [3.63, 3.8) is 0 Å². The van der Waals surface area contributed by atoms with Crippen LogP contribution in [0.15, 0.2) is 52.4 Å². The summed E-state index contributed by atoms with van der Waals surface area (Å²) < 4.78 is 5.95. The van der Waals surface area contributed by atoms with Crippen LogP contribution >= 0.6 is 11.3 Å². The predicted octanol–water partition coefficient (Wildman–Crippen LogP) is 4.17. The monoisotopic (exact) mass is 368 g/mol. The second-order valence-corrected chi connectivity index (χ2v) is 7.62. The summed E-state index contributed by atoms with van der Waals surface area (Å²) in [4.78, 5) is 18.2. The Balaban J connectivity index is 1.41. The van der Waals surface area contributed by atoms with Gasteiger partial charge in [0.15, 0.2) is 0 Å². The van der Waals surface area contributed by atoms with Crippen LogP contribution < -0.4 is 0 Å². The summed E-state index contributed by atoms with van der Waals surface area (Å²) in [6, 6.07) is 10.7. The van der Waals surface area contributed by atoms with Crippen molar-refractivity contribution in [2.75, 3.05) is 13.1 Å². The maximum atomic E-state index is 11.4. The van der Waals surface area contributed by atoms with E-state index in [9.17, 15) is 9.90 Å². The lowest BCUT2D eigenvalue weighted by atomic mass is 10.1. The molecule has 0 saturated carbocycles. The van der Waals surface area contributed by atoms with Crippen LogP contribution in [0.25, 0.3) is 11.3 Å². The Morgan fingerprint density at radius 2 is 2.19 bits per heavy atom. The Morgan fingerprint density at radius 3 is 3.00 bits per heavy atom. The third-order valence-electron chi connectivity index (χ3n) is 4.78. The molecule has 1 aliphatic rings. The third kappa shape index (κ3) is 3.71. The van der Waals surface area contributed by atoms with Crippen LogP contribution in [0.5, 0.6) is 0 Å². The molecule has 1 fully saturated rings. The van der Waals surface area contributed by atoms with Gasteiger partial charge in [-0.2, -0.15) is 0 Å². The van der Waals surface area contributed by atoms with Gasteiger partial charge in [-0.25, -0.2) is 9.78 Å². The summed E-state index contributed by atoms with van der Waals surface area (Å²) in [5.74, 6) is 1.18. The van der Waals surface area contributed by atoms with Crippen LogP contribution in [-0.4, -0.2) is 34.0 Å². The molecule has 134 valence electrons. The van der Waals surface area contributed by atoms with Gasteiger partial charge in [-0.3, -0.25) is 4.90 Å². The molecule has 1 saturated heterocycles. The first-order valence-electron chi connectivity index (χ1n) is 8.71. The SMILES string of the molecule is O=C(O)c1ccccc1-c1ccc(CN2CC[C@H](Cc3nccs3)C2)o1. The fourth-order valence-corrected chi connectivity index (χ4v) is 4.27. The second-order valence-electron chi connectivity index (χ2n) is 6.64. The van der Waals surface area contributed by atoms with Gasteiger partial charge in [0, 0.05) is 30.1 Å². The molecule has 1 aliphatic heterocycles. The molecule has 4 rings (SSSR count). The van der Waals surface area contributed by atoms with Gasteiger partial charge >= 0.3 is 5.97 Å². The van der Waals surface area contributed by atoms with E-state index in [1.165, 1.54) is 11.4 Å². The highest BCUT2D eigenvalue weighted by atomic mass is 32.1. The molecule has 0 radical (unpaired) electrons. The number of thiazole rings is 1. The molecule has 3 aromatic rings. The van der Waals surface area contributed by atoms with Crippen molar-refractivity contribution in [3.8, 4) is 11.3 Å². The van der Waals surface area contributed by atoms with E-state index in [0.717, 1.165) is 31.8 Å². The maximum absolute atomic E-state index is 11.4. The zero-order chi connectivity index (χ0) is 17.9. The van der Waals surface area contributed by atoms with Gasteiger partial charge in [-0.05, 0) is 37.1 Å². The van der Waals surface area contributed by atoms with Crippen molar-refractivity contribution >= 4 is 17.3 Å². The van der Waals surface area contributed by atoms with E-state index in [4.69, 9.17) is 4.42 Å². The number of benzene rings is 1. The number of hydrogen-bond acceptors (Lipinski definition) is 5. The molecule has 0 amide bonds. The maximum Gasteiger partial charge on any atom is 0.336 e. The first-order chi connectivity index (χ1) is 12.7. The Morgan fingerprint density at radius 1 is 1.31 bits per heavy atom. The summed E-state index contributed by atoms with van der Waals surface area (Å²) in [5, 5.41) is 12.6.